The molecule has 1 aliphatic heterocycles. The van der Waals surface area contributed by atoms with Crippen molar-refractivity contribution in [3.8, 4) is 5.75 Å². The lowest BCUT2D eigenvalue weighted by Gasteiger charge is -2.38. The first-order valence-corrected chi connectivity index (χ1v) is 7.51. The zero-order chi connectivity index (χ0) is 14.9. The predicted molar refractivity (Wildman–Crippen MR) is 81.9 cm³/mol. The number of rotatable bonds is 3. The van der Waals surface area contributed by atoms with Gasteiger partial charge in [-0.1, -0.05) is 13.8 Å². The van der Waals surface area contributed by atoms with Crippen LogP contribution in [-0.2, 0) is 4.74 Å². The van der Waals surface area contributed by atoms with Gasteiger partial charge >= 0.3 is 5.97 Å². The van der Waals surface area contributed by atoms with Gasteiger partial charge in [0, 0.05) is 13.1 Å². The maximum Gasteiger partial charge on any atom is 0.350 e. The molecule has 0 spiro atoms. The number of piperidine rings is 1. The van der Waals surface area contributed by atoms with E-state index in [0.717, 1.165) is 24.5 Å². The Bertz CT molecular complexity index is 511. The lowest BCUT2D eigenvalue weighted by atomic mass is 9.84. The molecule has 1 saturated heterocycles. The van der Waals surface area contributed by atoms with E-state index in [9.17, 15) is 4.79 Å². The van der Waals surface area contributed by atoms with Gasteiger partial charge in [-0.3, -0.25) is 0 Å². The minimum Gasteiger partial charge on any atom is -0.492 e. The summed E-state index contributed by atoms with van der Waals surface area (Å²) in [6.07, 6.45) is 2.33. The molecule has 0 radical (unpaired) electrons. The highest BCUT2D eigenvalue weighted by molar-refractivity contribution is 7.19. The molecule has 1 aromatic rings. The van der Waals surface area contributed by atoms with E-state index in [1.54, 1.807) is 7.11 Å². The highest BCUT2D eigenvalue weighted by Gasteiger charge is 2.31. The number of ether oxygens (including phenoxy) is 2. The largest absolute Gasteiger partial charge is 0.492 e. The zero-order valence-corrected chi connectivity index (χ0v) is 13.3. The second-order valence-corrected chi connectivity index (χ2v) is 6.86. The molecule has 1 aliphatic rings. The summed E-state index contributed by atoms with van der Waals surface area (Å²) in [6.45, 7) is 6.40. The zero-order valence-electron chi connectivity index (χ0n) is 12.5. The molecule has 2 heterocycles. The van der Waals surface area contributed by atoms with Crippen LogP contribution in [0, 0.1) is 5.41 Å². The molecule has 1 aromatic heterocycles. The SMILES string of the molecule is COC(=O)c1sc(N2CCCC(C)(C)C2)c(OC)c1N. The van der Waals surface area contributed by atoms with Gasteiger partial charge in [0.1, 0.15) is 15.6 Å². The molecule has 0 bridgehead atoms. The Morgan fingerprint density at radius 2 is 2.10 bits per heavy atom. The van der Waals surface area contributed by atoms with Crippen molar-refractivity contribution in [3.63, 3.8) is 0 Å². The summed E-state index contributed by atoms with van der Waals surface area (Å²) >= 11 is 1.35. The molecule has 2 rings (SSSR count). The van der Waals surface area contributed by atoms with Gasteiger partial charge in [-0.2, -0.15) is 0 Å². The Labute approximate surface area is 123 Å². The Morgan fingerprint density at radius 1 is 1.40 bits per heavy atom. The van der Waals surface area contributed by atoms with Crippen LogP contribution in [0.3, 0.4) is 0 Å². The van der Waals surface area contributed by atoms with Gasteiger partial charge in [-0.15, -0.1) is 11.3 Å². The molecule has 0 unspecified atom stereocenters. The fourth-order valence-electron chi connectivity index (χ4n) is 2.66. The third kappa shape index (κ3) is 2.70. The van der Waals surface area contributed by atoms with Crippen molar-refractivity contribution < 1.29 is 14.3 Å². The third-order valence-electron chi connectivity index (χ3n) is 3.64. The molecule has 2 N–H and O–H groups in total. The van der Waals surface area contributed by atoms with Crippen LogP contribution in [0.2, 0.25) is 0 Å². The number of thiophene rings is 1. The molecule has 20 heavy (non-hydrogen) atoms. The first kappa shape index (κ1) is 15.0. The molecule has 112 valence electrons. The lowest BCUT2D eigenvalue weighted by Crippen LogP contribution is -2.39. The number of hydrogen-bond donors (Lipinski definition) is 1. The van der Waals surface area contributed by atoms with Crippen LogP contribution in [0.15, 0.2) is 0 Å². The van der Waals surface area contributed by atoms with Gasteiger partial charge in [0.05, 0.1) is 14.2 Å². The van der Waals surface area contributed by atoms with Crippen molar-refractivity contribution in [1.29, 1.82) is 0 Å². The molecule has 0 aliphatic carbocycles. The summed E-state index contributed by atoms with van der Waals surface area (Å²) in [7, 11) is 2.94. The molecule has 1 fully saturated rings. The number of nitrogens with two attached hydrogens (primary N) is 1. The maximum absolute atomic E-state index is 11.8. The Balaban J connectivity index is 2.38. The lowest BCUT2D eigenvalue weighted by molar-refractivity contribution is 0.0607. The van der Waals surface area contributed by atoms with Crippen molar-refractivity contribution in [1.82, 2.24) is 0 Å². The van der Waals surface area contributed by atoms with Crippen LogP contribution in [0.1, 0.15) is 36.4 Å². The quantitative estimate of drug-likeness (QED) is 0.869. The summed E-state index contributed by atoms with van der Waals surface area (Å²) in [5, 5.41) is 0.929. The molecule has 0 saturated carbocycles. The number of carbonyl (C=O) groups excluding carboxylic acids is 1. The van der Waals surface area contributed by atoms with E-state index in [4.69, 9.17) is 15.2 Å². The molecule has 5 nitrogen and oxygen atoms in total. The van der Waals surface area contributed by atoms with Gasteiger partial charge in [0.25, 0.3) is 0 Å². The van der Waals surface area contributed by atoms with E-state index in [2.05, 4.69) is 18.7 Å². The second kappa shape index (κ2) is 5.52. The average Bonchev–Trinajstić information content (AvgIpc) is 2.73. The number of nitrogen functional groups attached to an aromatic ring is 1. The fraction of sp³-hybridized carbons (Fsp3) is 0.643. The highest BCUT2D eigenvalue weighted by Crippen LogP contribution is 2.47. The molecule has 0 atom stereocenters. The molecule has 0 aromatic carbocycles. The van der Waals surface area contributed by atoms with Crippen LogP contribution in [0.4, 0.5) is 10.7 Å². The number of nitrogens with zero attached hydrogens (tertiary/aromatic N) is 1. The van der Waals surface area contributed by atoms with E-state index in [1.807, 2.05) is 0 Å². The van der Waals surface area contributed by atoms with Gasteiger partial charge in [-0.25, -0.2) is 4.79 Å². The number of methoxy groups -OCH3 is 2. The van der Waals surface area contributed by atoms with Gasteiger partial charge in [-0.05, 0) is 18.3 Å². The van der Waals surface area contributed by atoms with E-state index >= 15 is 0 Å². The van der Waals surface area contributed by atoms with E-state index in [0.29, 0.717) is 16.3 Å². The monoisotopic (exact) mass is 298 g/mol. The summed E-state index contributed by atoms with van der Waals surface area (Å²) in [4.78, 5) is 14.4. The van der Waals surface area contributed by atoms with E-state index in [-0.39, 0.29) is 5.41 Å². The summed E-state index contributed by atoms with van der Waals surface area (Å²) in [5.41, 5.74) is 6.66. The van der Waals surface area contributed by atoms with Crippen LogP contribution in [0.5, 0.6) is 5.75 Å². The third-order valence-corrected chi connectivity index (χ3v) is 4.87. The topological polar surface area (TPSA) is 64.8 Å². The van der Waals surface area contributed by atoms with Crippen LogP contribution in [-0.4, -0.2) is 33.3 Å². The normalized spacial score (nSPS) is 17.9. The molecule has 0 amide bonds. The van der Waals surface area contributed by atoms with Crippen molar-refractivity contribution in [2.24, 2.45) is 5.41 Å². The number of anilines is 2. The van der Waals surface area contributed by atoms with Crippen molar-refractivity contribution in [2.75, 3.05) is 37.9 Å². The van der Waals surface area contributed by atoms with Crippen LogP contribution >= 0.6 is 11.3 Å². The summed E-state index contributed by atoms with van der Waals surface area (Å²) < 4.78 is 10.2. The standard InChI is InChI=1S/C14H22N2O3S/c1-14(2)6-5-7-16(8-14)12-10(18-3)9(15)11(20-12)13(17)19-4/h5-8,15H2,1-4H3. The first-order valence-electron chi connectivity index (χ1n) is 6.69. The van der Waals surface area contributed by atoms with Crippen molar-refractivity contribution >= 4 is 28.0 Å². The number of carbonyl (C=O) groups is 1. The van der Waals surface area contributed by atoms with Crippen LogP contribution < -0.4 is 15.4 Å². The Hall–Kier alpha value is -1.43. The summed E-state index contributed by atoms with van der Waals surface area (Å²) in [6, 6.07) is 0. The predicted octanol–water partition coefficient (Wildman–Crippen LogP) is 2.75. The second-order valence-electron chi connectivity index (χ2n) is 5.86. The van der Waals surface area contributed by atoms with Gasteiger partial charge in [0.15, 0.2) is 5.75 Å². The van der Waals surface area contributed by atoms with Crippen LogP contribution in [0.25, 0.3) is 0 Å². The van der Waals surface area contributed by atoms with Crippen molar-refractivity contribution in [3.05, 3.63) is 4.88 Å². The van der Waals surface area contributed by atoms with Crippen molar-refractivity contribution in [2.45, 2.75) is 26.7 Å². The van der Waals surface area contributed by atoms with E-state index in [1.165, 1.54) is 24.9 Å². The maximum atomic E-state index is 11.8. The first-order chi connectivity index (χ1) is 9.39. The Kier molecular flexibility index (Phi) is 4.13. The average molecular weight is 298 g/mol. The highest BCUT2D eigenvalue weighted by atomic mass is 32.1. The Morgan fingerprint density at radius 3 is 2.65 bits per heavy atom. The minimum absolute atomic E-state index is 0.257. The van der Waals surface area contributed by atoms with Gasteiger partial charge < -0.3 is 20.1 Å². The van der Waals surface area contributed by atoms with Gasteiger partial charge in [0.2, 0.25) is 0 Å². The van der Waals surface area contributed by atoms with E-state index < -0.39 is 5.97 Å². The fourth-order valence-corrected chi connectivity index (χ4v) is 3.80. The smallest absolute Gasteiger partial charge is 0.350 e. The molecular weight excluding hydrogens is 276 g/mol. The number of esters is 1. The molecular formula is C14H22N2O3S. The summed E-state index contributed by atoms with van der Waals surface area (Å²) in [5.74, 6) is 0.182. The number of hydrogen-bond acceptors (Lipinski definition) is 6. The minimum atomic E-state index is -0.409. The molecule has 6 heteroatoms.